The van der Waals surface area contributed by atoms with Crippen LogP contribution in [0.2, 0.25) is 0 Å². The highest BCUT2D eigenvalue weighted by Crippen LogP contribution is 2.26. The van der Waals surface area contributed by atoms with Gasteiger partial charge in [0.05, 0.1) is 11.2 Å². The minimum atomic E-state index is -3.76. The fraction of sp³-hybridized carbons (Fsp3) is 0.308. The summed E-state index contributed by atoms with van der Waals surface area (Å²) in [5.41, 5.74) is -0.434. The summed E-state index contributed by atoms with van der Waals surface area (Å²) in [6.45, 7) is 3.32. The first kappa shape index (κ1) is 15.6. The van der Waals surface area contributed by atoms with Crippen LogP contribution in [0.25, 0.3) is 0 Å². The van der Waals surface area contributed by atoms with Gasteiger partial charge in [0.1, 0.15) is 0 Å². The fourth-order valence-corrected chi connectivity index (χ4v) is 3.56. The normalized spacial score (nSPS) is 12.1. The third-order valence-electron chi connectivity index (χ3n) is 2.95. The summed E-state index contributed by atoms with van der Waals surface area (Å²) in [4.78, 5) is 16.8. The summed E-state index contributed by atoms with van der Waals surface area (Å²) >= 11 is 1.17. The van der Waals surface area contributed by atoms with Crippen molar-refractivity contribution < 1.29 is 13.2 Å². The smallest absolute Gasteiger partial charge is 0.244 e. The molecule has 0 spiro atoms. The number of nitrogens with one attached hydrogen (secondary N) is 1. The maximum Gasteiger partial charge on any atom is 0.244 e. The summed E-state index contributed by atoms with van der Waals surface area (Å²) < 4.78 is 30.2. The highest BCUT2D eigenvalue weighted by molar-refractivity contribution is 7.89. The van der Waals surface area contributed by atoms with Crippen molar-refractivity contribution in [1.82, 2.24) is 14.1 Å². The third-order valence-corrected chi connectivity index (χ3v) is 5.23. The van der Waals surface area contributed by atoms with E-state index < -0.39 is 21.3 Å². The van der Waals surface area contributed by atoms with Gasteiger partial charge in [0.2, 0.25) is 15.9 Å². The molecule has 0 fully saturated rings. The number of sulfonamides is 1. The molecule has 0 aliphatic heterocycles. The van der Waals surface area contributed by atoms with Crippen molar-refractivity contribution in [3.8, 4) is 0 Å². The van der Waals surface area contributed by atoms with Crippen LogP contribution in [0, 0.1) is 0 Å². The molecular weight excluding hydrogens is 310 g/mol. The Hall–Kier alpha value is -1.80. The van der Waals surface area contributed by atoms with Gasteiger partial charge in [-0.15, -0.1) is 0 Å². The number of carbonyl (C=O) groups excluding carboxylic acids is 1. The monoisotopic (exact) mass is 325 g/mol. The first-order valence-electron chi connectivity index (χ1n) is 6.16. The van der Waals surface area contributed by atoms with Crippen LogP contribution in [0.15, 0.2) is 36.8 Å². The van der Waals surface area contributed by atoms with Crippen LogP contribution in [-0.2, 0) is 26.0 Å². The van der Waals surface area contributed by atoms with Crippen molar-refractivity contribution >= 4 is 27.5 Å². The number of rotatable bonds is 5. The van der Waals surface area contributed by atoms with E-state index in [0.29, 0.717) is 10.4 Å². The van der Waals surface area contributed by atoms with Crippen LogP contribution >= 0.6 is 11.5 Å². The standard InChI is InChI=1S/C13H15N3O3S2/c1-13(2,11-5-7-15-20-11)12(17)16-21(18,19)9-10-4-3-6-14-8-10/h3-8H,9H2,1-2H3,(H,16,17). The molecule has 6 nitrogen and oxygen atoms in total. The second kappa shape index (κ2) is 5.90. The number of amides is 1. The van der Waals surface area contributed by atoms with Crippen LogP contribution in [0.4, 0.5) is 0 Å². The molecule has 21 heavy (non-hydrogen) atoms. The van der Waals surface area contributed by atoms with Crippen LogP contribution in [-0.4, -0.2) is 23.7 Å². The molecule has 2 rings (SSSR count). The Morgan fingerprint density at radius 2 is 2.10 bits per heavy atom. The van der Waals surface area contributed by atoms with Gasteiger partial charge in [0, 0.05) is 23.5 Å². The zero-order valence-corrected chi connectivity index (χ0v) is 13.2. The average Bonchev–Trinajstić information content (AvgIpc) is 2.93. The van der Waals surface area contributed by atoms with Crippen LogP contribution in [0.3, 0.4) is 0 Å². The number of aromatic nitrogens is 2. The van der Waals surface area contributed by atoms with E-state index in [9.17, 15) is 13.2 Å². The van der Waals surface area contributed by atoms with Crippen molar-refractivity contribution in [2.75, 3.05) is 0 Å². The molecule has 0 bridgehead atoms. The maximum absolute atomic E-state index is 12.2. The predicted octanol–water partition coefficient (Wildman–Crippen LogP) is 1.46. The molecule has 2 aromatic rings. The molecule has 8 heteroatoms. The zero-order chi connectivity index (χ0) is 15.5. The van der Waals surface area contributed by atoms with Crippen molar-refractivity contribution in [2.45, 2.75) is 25.0 Å². The molecule has 0 radical (unpaired) electrons. The van der Waals surface area contributed by atoms with Gasteiger partial charge in [0.15, 0.2) is 0 Å². The lowest BCUT2D eigenvalue weighted by Crippen LogP contribution is -2.43. The lowest BCUT2D eigenvalue weighted by Gasteiger charge is -2.21. The van der Waals surface area contributed by atoms with Gasteiger partial charge < -0.3 is 0 Å². The van der Waals surface area contributed by atoms with Gasteiger partial charge in [-0.1, -0.05) is 6.07 Å². The Kier molecular flexibility index (Phi) is 4.38. The molecule has 1 N–H and O–H groups in total. The number of pyridine rings is 1. The van der Waals surface area contributed by atoms with Gasteiger partial charge in [0.25, 0.3) is 0 Å². The Morgan fingerprint density at radius 3 is 2.67 bits per heavy atom. The molecule has 0 unspecified atom stereocenters. The quantitative estimate of drug-likeness (QED) is 0.899. The van der Waals surface area contributed by atoms with Gasteiger partial charge in [-0.05, 0) is 43.1 Å². The predicted molar refractivity (Wildman–Crippen MR) is 80.1 cm³/mol. The second-order valence-electron chi connectivity index (χ2n) is 5.05. The Balaban J connectivity index is 2.12. The van der Waals surface area contributed by atoms with Crippen LogP contribution in [0.1, 0.15) is 24.3 Å². The van der Waals surface area contributed by atoms with E-state index in [4.69, 9.17) is 0 Å². The lowest BCUT2D eigenvalue weighted by molar-refractivity contribution is -0.123. The molecule has 0 aromatic carbocycles. The third kappa shape index (κ3) is 3.85. The van der Waals surface area contributed by atoms with E-state index in [2.05, 4.69) is 14.1 Å². The van der Waals surface area contributed by atoms with Crippen molar-refractivity contribution in [3.05, 3.63) is 47.2 Å². The largest absolute Gasteiger partial charge is 0.273 e. The summed E-state index contributed by atoms with van der Waals surface area (Å²) in [6.07, 6.45) is 4.60. The molecular formula is C13H15N3O3S2. The fourth-order valence-electron chi connectivity index (χ4n) is 1.66. The molecule has 112 valence electrons. The van der Waals surface area contributed by atoms with E-state index in [1.54, 1.807) is 44.4 Å². The van der Waals surface area contributed by atoms with Gasteiger partial charge >= 0.3 is 0 Å². The second-order valence-corrected chi connectivity index (χ2v) is 7.61. The van der Waals surface area contributed by atoms with E-state index in [1.807, 2.05) is 0 Å². The van der Waals surface area contributed by atoms with E-state index in [1.165, 1.54) is 17.7 Å². The minimum Gasteiger partial charge on any atom is -0.273 e. The molecule has 0 saturated carbocycles. The van der Waals surface area contributed by atoms with Crippen molar-refractivity contribution in [3.63, 3.8) is 0 Å². The minimum absolute atomic E-state index is 0.286. The molecule has 2 heterocycles. The molecule has 0 saturated heterocycles. The number of carbonyl (C=O) groups is 1. The van der Waals surface area contributed by atoms with Crippen LogP contribution in [0.5, 0.6) is 0 Å². The summed E-state index contributed by atoms with van der Waals surface area (Å²) in [6, 6.07) is 5.00. The van der Waals surface area contributed by atoms with E-state index >= 15 is 0 Å². The van der Waals surface area contributed by atoms with E-state index in [-0.39, 0.29) is 5.75 Å². The Morgan fingerprint density at radius 1 is 1.33 bits per heavy atom. The highest BCUT2D eigenvalue weighted by Gasteiger charge is 2.34. The summed E-state index contributed by atoms with van der Waals surface area (Å²) in [7, 11) is -3.76. The van der Waals surface area contributed by atoms with E-state index in [0.717, 1.165) is 0 Å². The Labute approximate surface area is 127 Å². The first-order valence-corrected chi connectivity index (χ1v) is 8.59. The number of hydrogen-bond acceptors (Lipinski definition) is 6. The van der Waals surface area contributed by atoms with Gasteiger partial charge in [-0.2, -0.15) is 0 Å². The SMILES string of the molecule is CC(C)(C(=O)NS(=O)(=O)Cc1cccnc1)c1ccns1. The highest BCUT2D eigenvalue weighted by atomic mass is 32.2. The Bertz CT molecular complexity index is 710. The maximum atomic E-state index is 12.2. The van der Waals surface area contributed by atoms with Gasteiger partial charge in [-0.3, -0.25) is 14.5 Å². The zero-order valence-electron chi connectivity index (χ0n) is 11.6. The van der Waals surface area contributed by atoms with Crippen LogP contribution < -0.4 is 4.72 Å². The molecule has 2 aromatic heterocycles. The summed E-state index contributed by atoms with van der Waals surface area (Å²) in [5, 5.41) is 0. The number of hydrogen-bond donors (Lipinski definition) is 1. The summed E-state index contributed by atoms with van der Waals surface area (Å²) in [5.74, 6) is -0.860. The first-order chi connectivity index (χ1) is 9.81. The lowest BCUT2D eigenvalue weighted by atomic mass is 9.91. The molecule has 0 aliphatic rings. The van der Waals surface area contributed by atoms with Crippen molar-refractivity contribution in [2.24, 2.45) is 0 Å². The molecule has 0 atom stereocenters. The molecule has 1 amide bonds. The van der Waals surface area contributed by atoms with Gasteiger partial charge in [-0.25, -0.2) is 12.8 Å². The average molecular weight is 325 g/mol. The molecule has 0 aliphatic carbocycles. The number of nitrogens with zero attached hydrogens (tertiary/aromatic N) is 2. The van der Waals surface area contributed by atoms with Crippen molar-refractivity contribution in [1.29, 1.82) is 0 Å². The topological polar surface area (TPSA) is 89.0 Å².